The average molecular weight is 482 g/mol. The molecule has 1 aliphatic rings. The molecule has 1 fully saturated rings. The third-order valence-electron chi connectivity index (χ3n) is 6.57. The summed E-state index contributed by atoms with van der Waals surface area (Å²) < 4.78 is 22.1. The lowest BCUT2D eigenvalue weighted by Gasteiger charge is -2.33. The van der Waals surface area contributed by atoms with Crippen LogP contribution >= 0.6 is 0 Å². The molecule has 0 radical (unpaired) electrons. The Labute approximate surface area is 204 Å². The van der Waals surface area contributed by atoms with Crippen molar-refractivity contribution in [3.63, 3.8) is 0 Å². The molecule has 8 nitrogen and oxygen atoms in total. The van der Waals surface area contributed by atoms with Crippen molar-refractivity contribution in [3.8, 4) is 28.4 Å². The highest BCUT2D eigenvalue weighted by molar-refractivity contribution is 5.98. The fourth-order valence-electron chi connectivity index (χ4n) is 4.65. The molecule has 186 valence electrons. The van der Waals surface area contributed by atoms with Gasteiger partial charge in [0.15, 0.2) is 11.5 Å². The minimum Gasteiger partial charge on any atom is -0.507 e. The lowest BCUT2D eigenvalue weighted by molar-refractivity contribution is 0.0491. The van der Waals surface area contributed by atoms with Crippen molar-refractivity contribution in [2.75, 3.05) is 27.4 Å². The predicted molar refractivity (Wildman–Crippen MR) is 132 cm³/mol. The summed E-state index contributed by atoms with van der Waals surface area (Å²) in [5, 5.41) is 11.0. The minimum absolute atomic E-state index is 0.0205. The smallest absolute Gasteiger partial charge is 0.375 e. The SMILES string of the molecule is CCOC(=O)c1oc2c(CN3CCCC[C@H]3C)c(O)ccc2c(=O)c1-c1ccc(OC)c(OC)c1. The molecule has 1 atom stereocenters. The third kappa shape index (κ3) is 4.71. The number of rotatable bonds is 7. The maximum atomic E-state index is 13.8. The van der Waals surface area contributed by atoms with E-state index >= 15 is 0 Å². The zero-order chi connectivity index (χ0) is 25.1. The maximum absolute atomic E-state index is 13.8. The predicted octanol–water partition coefficient (Wildman–Crippen LogP) is 4.73. The van der Waals surface area contributed by atoms with Crippen LogP contribution in [0, 0.1) is 0 Å². The number of methoxy groups -OCH3 is 2. The summed E-state index contributed by atoms with van der Waals surface area (Å²) in [7, 11) is 3.01. The third-order valence-corrected chi connectivity index (χ3v) is 6.57. The zero-order valence-electron chi connectivity index (χ0n) is 20.6. The molecule has 4 rings (SSSR count). The zero-order valence-corrected chi connectivity index (χ0v) is 20.6. The molecule has 0 saturated carbocycles. The lowest BCUT2D eigenvalue weighted by atomic mass is 9.98. The molecule has 2 heterocycles. The van der Waals surface area contributed by atoms with E-state index in [0.29, 0.717) is 35.2 Å². The van der Waals surface area contributed by atoms with Gasteiger partial charge in [-0.05, 0) is 63.1 Å². The summed E-state index contributed by atoms with van der Waals surface area (Å²) in [4.78, 5) is 29.0. The van der Waals surface area contributed by atoms with Gasteiger partial charge < -0.3 is 23.7 Å². The summed E-state index contributed by atoms with van der Waals surface area (Å²) >= 11 is 0. The topological polar surface area (TPSA) is 98.4 Å². The summed E-state index contributed by atoms with van der Waals surface area (Å²) in [5.74, 6) is -0.0501. The summed E-state index contributed by atoms with van der Waals surface area (Å²) in [5.41, 5.74) is 0.785. The van der Waals surface area contributed by atoms with E-state index in [-0.39, 0.29) is 34.6 Å². The van der Waals surface area contributed by atoms with Crippen LogP contribution < -0.4 is 14.9 Å². The van der Waals surface area contributed by atoms with E-state index in [1.807, 2.05) is 0 Å². The number of hydrogen-bond donors (Lipinski definition) is 1. The van der Waals surface area contributed by atoms with Crippen LogP contribution in [-0.2, 0) is 11.3 Å². The number of piperidine rings is 1. The van der Waals surface area contributed by atoms with Crippen LogP contribution in [0.15, 0.2) is 39.5 Å². The summed E-state index contributed by atoms with van der Waals surface area (Å²) in [6.07, 6.45) is 3.29. The van der Waals surface area contributed by atoms with Crippen LogP contribution in [0.2, 0.25) is 0 Å². The van der Waals surface area contributed by atoms with Gasteiger partial charge in [0, 0.05) is 12.6 Å². The summed E-state index contributed by atoms with van der Waals surface area (Å²) in [6.45, 7) is 5.24. The van der Waals surface area contributed by atoms with Crippen molar-refractivity contribution in [1.82, 2.24) is 4.90 Å². The molecular formula is C27H31NO7. The first-order chi connectivity index (χ1) is 16.9. The number of carbonyl (C=O) groups is 1. The number of nitrogens with zero attached hydrogens (tertiary/aromatic N) is 1. The van der Waals surface area contributed by atoms with Crippen molar-refractivity contribution < 1.29 is 28.5 Å². The van der Waals surface area contributed by atoms with Gasteiger partial charge in [-0.2, -0.15) is 0 Å². The van der Waals surface area contributed by atoms with Gasteiger partial charge in [-0.15, -0.1) is 0 Å². The van der Waals surface area contributed by atoms with Crippen molar-refractivity contribution in [2.24, 2.45) is 0 Å². The second-order valence-corrected chi connectivity index (χ2v) is 8.68. The first-order valence-corrected chi connectivity index (χ1v) is 11.8. The molecule has 0 unspecified atom stereocenters. The van der Waals surface area contributed by atoms with Gasteiger partial charge >= 0.3 is 5.97 Å². The fraction of sp³-hybridized carbons (Fsp3) is 0.407. The van der Waals surface area contributed by atoms with Gasteiger partial charge in [-0.3, -0.25) is 9.69 Å². The monoisotopic (exact) mass is 481 g/mol. The molecular weight excluding hydrogens is 450 g/mol. The van der Waals surface area contributed by atoms with E-state index in [9.17, 15) is 14.7 Å². The average Bonchev–Trinajstić information content (AvgIpc) is 2.86. The van der Waals surface area contributed by atoms with Gasteiger partial charge in [0.1, 0.15) is 11.3 Å². The normalized spacial score (nSPS) is 16.3. The van der Waals surface area contributed by atoms with Crippen LogP contribution in [0.5, 0.6) is 17.2 Å². The van der Waals surface area contributed by atoms with Crippen LogP contribution in [0.1, 0.15) is 49.2 Å². The largest absolute Gasteiger partial charge is 0.507 e. The molecule has 1 aromatic heterocycles. The van der Waals surface area contributed by atoms with Gasteiger partial charge in [0.05, 0.1) is 37.3 Å². The van der Waals surface area contributed by atoms with E-state index in [4.69, 9.17) is 18.6 Å². The number of phenolic OH excluding ortho intramolecular Hbond substituents is 1. The molecule has 3 aromatic rings. The Hall–Kier alpha value is -3.52. The van der Waals surface area contributed by atoms with E-state index in [0.717, 1.165) is 25.8 Å². The number of hydrogen-bond acceptors (Lipinski definition) is 8. The Morgan fingerprint density at radius 1 is 1.14 bits per heavy atom. The van der Waals surface area contributed by atoms with Crippen molar-refractivity contribution in [2.45, 2.75) is 45.7 Å². The van der Waals surface area contributed by atoms with Crippen molar-refractivity contribution in [3.05, 3.63) is 51.9 Å². The minimum atomic E-state index is -0.753. The van der Waals surface area contributed by atoms with Crippen LogP contribution in [0.25, 0.3) is 22.1 Å². The number of benzene rings is 2. The number of carbonyl (C=O) groups excluding carboxylic acids is 1. The maximum Gasteiger partial charge on any atom is 0.375 e. The molecule has 1 N–H and O–H groups in total. The van der Waals surface area contributed by atoms with E-state index in [2.05, 4.69) is 11.8 Å². The van der Waals surface area contributed by atoms with Crippen molar-refractivity contribution >= 4 is 16.9 Å². The lowest BCUT2D eigenvalue weighted by Crippen LogP contribution is -2.36. The van der Waals surface area contributed by atoms with Crippen molar-refractivity contribution in [1.29, 1.82) is 0 Å². The quantitative estimate of drug-likeness (QED) is 0.484. The number of likely N-dealkylation sites (tertiary alicyclic amines) is 1. The van der Waals surface area contributed by atoms with Crippen LogP contribution in [0.4, 0.5) is 0 Å². The molecule has 8 heteroatoms. The molecule has 0 spiro atoms. The fourth-order valence-corrected chi connectivity index (χ4v) is 4.65. The van der Waals surface area contributed by atoms with E-state index in [1.54, 1.807) is 25.1 Å². The molecule has 1 aliphatic heterocycles. The van der Waals surface area contributed by atoms with Gasteiger partial charge in [0.25, 0.3) is 0 Å². The Balaban J connectivity index is 1.95. The Morgan fingerprint density at radius 2 is 1.91 bits per heavy atom. The molecule has 0 bridgehead atoms. The van der Waals surface area contributed by atoms with E-state index < -0.39 is 11.4 Å². The molecule has 0 amide bonds. The first-order valence-electron chi connectivity index (χ1n) is 11.8. The standard InChI is InChI=1S/C27H31NO7/c1-5-34-27(31)26-23(17-9-12-21(32-3)22(14-17)33-4)24(30)18-10-11-20(29)19(25(18)35-26)15-28-13-7-6-8-16(28)2/h9-12,14,16,29H,5-8,13,15H2,1-4H3/t16-/m1/s1. The van der Waals surface area contributed by atoms with E-state index in [1.165, 1.54) is 26.4 Å². The van der Waals surface area contributed by atoms with Crippen LogP contribution in [-0.4, -0.2) is 49.4 Å². The number of esters is 1. The van der Waals surface area contributed by atoms with Gasteiger partial charge in [-0.1, -0.05) is 12.5 Å². The number of phenols is 1. The number of fused-ring (bicyclic) bond motifs is 1. The Kier molecular flexibility index (Phi) is 7.31. The highest BCUT2D eigenvalue weighted by Crippen LogP contribution is 2.36. The van der Waals surface area contributed by atoms with Gasteiger partial charge in [-0.25, -0.2) is 4.79 Å². The molecule has 0 aliphatic carbocycles. The highest BCUT2D eigenvalue weighted by Gasteiger charge is 2.27. The van der Waals surface area contributed by atoms with Crippen LogP contribution in [0.3, 0.4) is 0 Å². The highest BCUT2D eigenvalue weighted by atomic mass is 16.5. The Morgan fingerprint density at radius 3 is 2.60 bits per heavy atom. The Bertz CT molecular complexity index is 1300. The first kappa shape index (κ1) is 24.6. The summed E-state index contributed by atoms with van der Waals surface area (Å²) in [6, 6.07) is 8.31. The second-order valence-electron chi connectivity index (χ2n) is 8.68. The van der Waals surface area contributed by atoms with Gasteiger partial charge in [0.2, 0.25) is 11.2 Å². The molecule has 2 aromatic carbocycles. The molecule has 1 saturated heterocycles. The molecule has 35 heavy (non-hydrogen) atoms. The number of aromatic hydroxyl groups is 1. The number of ether oxygens (including phenoxy) is 3. The second kappa shape index (κ2) is 10.4.